The number of aryl methyl sites for hydroxylation is 1. The molecule has 1 atom stereocenters. The Morgan fingerprint density at radius 1 is 0.909 bits per heavy atom. The zero-order valence-corrected chi connectivity index (χ0v) is 18.7. The Labute approximate surface area is 194 Å². The van der Waals surface area contributed by atoms with Crippen LogP contribution in [0.1, 0.15) is 26.7 Å². The van der Waals surface area contributed by atoms with Crippen LogP contribution >= 0.6 is 11.8 Å². The van der Waals surface area contributed by atoms with E-state index in [1.807, 2.05) is 83.4 Å². The van der Waals surface area contributed by atoms with Crippen molar-refractivity contribution in [3.63, 3.8) is 0 Å². The first kappa shape index (κ1) is 19.8. The molecule has 33 heavy (non-hydrogen) atoms. The Morgan fingerprint density at radius 3 is 2.48 bits per heavy atom. The number of nitrogens with one attached hydrogen (secondary N) is 1. The van der Waals surface area contributed by atoms with Crippen LogP contribution in [-0.4, -0.2) is 25.4 Å². The number of carbonyl (C=O) groups excluding carboxylic acids is 1. The van der Waals surface area contributed by atoms with E-state index in [1.54, 1.807) is 0 Å². The molecule has 3 heterocycles. The third-order valence-electron chi connectivity index (χ3n) is 5.99. The number of para-hydroxylation sites is 2. The maximum atomic E-state index is 13.9. The lowest BCUT2D eigenvalue weighted by Crippen LogP contribution is -2.10. The number of carbonyl (C=O) groups is 1. The summed E-state index contributed by atoms with van der Waals surface area (Å²) in [6.07, 6.45) is 1.81. The van der Waals surface area contributed by atoms with Crippen molar-refractivity contribution in [3.05, 3.63) is 108 Å². The van der Waals surface area contributed by atoms with Crippen LogP contribution in [0.15, 0.2) is 96.3 Å². The molecule has 3 aromatic carbocycles. The molecule has 0 saturated carbocycles. The minimum atomic E-state index is -0.460. The fourth-order valence-corrected chi connectivity index (χ4v) is 5.50. The number of ketones is 1. The van der Waals surface area contributed by atoms with Crippen molar-refractivity contribution in [1.29, 1.82) is 0 Å². The van der Waals surface area contributed by atoms with Crippen LogP contribution in [0.4, 0.5) is 0 Å². The Kier molecular flexibility index (Phi) is 4.73. The van der Waals surface area contributed by atoms with Gasteiger partial charge in [0.25, 0.3) is 0 Å². The number of hydrogen-bond donors (Lipinski definition) is 1. The summed E-state index contributed by atoms with van der Waals surface area (Å²) in [6.45, 7) is 2.08. The van der Waals surface area contributed by atoms with Crippen molar-refractivity contribution in [2.24, 2.45) is 0 Å². The number of aromatic nitrogens is 4. The van der Waals surface area contributed by atoms with Crippen molar-refractivity contribution < 1.29 is 4.79 Å². The molecule has 0 fully saturated rings. The smallest absolute Gasteiger partial charge is 0.197 e. The lowest BCUT2D eigenvalue weighted by Gasteiger charge is -2.15. The SMILES string of the molecule is Cc1cc2nnc(S[C@H](C(=O)c3c[nH]c4ccccc34)c3ccccc3)n2c2ccccc12. The van der Waals surface area contributed by atoms with Crippen LogP contribution < -0.4 is 0 Å². The number of fused-ring (bicyclic) bond motifs is 4. The average Bonchev–Trinajstić information content (AvgIpc) is 3.47. The van der Waals surface area contributed by atoms with Crippen molar-refractivity contribution in [1.82, 2.24) is 19.6 Å². The van der Waals surface area contributed by atoms with Gasteiger partial charge in [-0.15, -0.1) is 10.2 Å². The Morgan fingerprint density at radius 2 is 1.64 bits per heavy atom. The van der Waals surface area contributed by atoms with Crippen molar-refractivity contribution >= 4 is 45.0 Å². The molecule has 3 aromatic heterocycles. The second-order valence-corrected chi connectivity index (χ2v) is 9.11. The van der Waals surface area contributed by atoms with Gasteiger partial charge in [-0.1, -0.05) is 78.5 Å². The minimum absolute atomic E-state index is 0.0387. The van der Waals surface area contributed by atoms with Crippen LogP contribution in [-0.2, 0) is 0 Å². The van der Waals surface area contributed by atoms with Gasteiger partial charge in [0, 0.05) is 28.0 Å². The largest absolute Gasteiger partial charge is 0.360 e. The fourth-order valence-electron chi connectivity index (χ4n) is 4.37. The monoisotopic (exact) mass is 448 g/mol. The first-order valence-electron chi connectivity index (χ1n) is 10.8. The van der Waals surface area contributed by atoms with Crippen molar-refractivity contribution in [2.45, 2.75) is 17.3 Å². The highest BCUT2D eigenvalue weighted by atomic mass is 32.2. The number of H-pyrrole nitrogens is 1. The molecule has 5 nitrogen and oxygen atoms in total. The van der Waals surface area contributed by atoms with Gasteiger partial charge in [0.15, 0.2) is 16.6 Å². The van der Waals surface area contributed by atoms with E-state index in [0.717, 1.165) is 38.6 Å². The summed E-state index contributed by atoms with van der Waals surface area (Å²) < 4.78 is 2.05. The molecule has 0 unspecified atom stereocenters. The summed E-state index contributed by atoms with van der Waals surface area (Å²) >= 11 is 1.44. The van der Waals surface area contributed by atoms with Gasteiger partial charge in [0.1, 0.15) is 5.25 Å². The summed E-state index contributed by atoms with van der Waals surface area (Å²) in [5, 5.41) is 11.2. The predicted octanol–water partition coefficient (Wildman–Crippen LogP) is 6.39. The Bertz CT molecular complexity index is 1630. The summed E-state index contributed by atoms with van der Waals surface area (Å²) in [7, 11) is 0. The summed E-state index contributed by atoms with van der Waals surface area (Å²) in [5.41, 5.74) is 5.53. The second-order valence-electron chi connectivity index (χ2n) is 8.04. The number of benzene rings is 3. The molecule has 6 rings (SSSR count). The highest BCUT2D eigenvalue weighted by Crippen LogP contribution is 2.39. The topological polar surface area (TPSA) is 63.0 Å². The van der Waals surface area contributed by atoms with Gasteiger partial charge in [-0.05, 0) is 36.2 Å². The van der Waals surface area contributed by atoms with E-state index in [9.17, 15) is 4.79 Å². The molecule has 0 aliphatic heterocycles. The molecule has 0 aliphatic rings. The third-order valence-corrected chi connectivity index (χ3v) is 7.19. The van der Waals surface area contributed by atoms with Crippen LogP contribution in [0.25, 0.3) is 27.5 Å². The summed E-state index contributed by atoms with van der Waals surface area (Å²) in [6, 6.07) is 28.0. The molecule has 0 bridgehead atoms. The molecule has 0 radical (unpaired) electrons. The number of nitrogens with zero attached hydrogens (tertiary/aromatic N) is 3. The second kappa shape index (κ2) is 7.90. The van der Waals surface area contributed by atoms with Crippen LogP contribution in [0, 0.1) is 6.92 Å². The van der Waals surface area contributed by atoms with E-state index >= 15 is 0 Å². The average molecular weight is 449 g/mol. The molecule has 6 aromatic rings. The first-order chi connectivity index (χ1) is 16.2. The molecule has 1 N–H and O–H groups in total. The first-order valence-corrected chi connectivity index (χ1v) is 11.6. The van der Waals surface area contributed by atoms with Gasteiger partial charge in [-0.25, -0.2) is 0 Å². The zero-order chi connectivity index (χ0) is 22.4. The van der Waals surface area contributed by atoms with E-state index in [-0.39, 0.29) is 5.78 Å². The highest BCUT2D eigenvalue weighted by Gasteiger charge is 2.28. The Balaban J connectivity index is 1.50. The van der Waals surface area contributed by atoms with Gasteiger partial charge < -0.3 is 4.98 Å². The summed E-state index contributed by atoms with van der Waals surface area (Å²) in [5.74, 6) is 0.0387. The van der Waals surface area contributed by atoms with Crippen LogP contribution in [0.2, 0.25) is 0 Å². The fraction of sp³-hybridized carbons (Fsp3) is 0.0741. The molecule has 0 spiro atoms. The van der Waals surface area contributed by atoms with E-state index < -0.39 is 5.25 Å². The number of aromatic amines is 1. The predicted molar refractivity (Wildman–Crippen MR) is 133 cm³/mol. The molecule has 160 valence electrons. The minimum Gasteiger partial charge on any atom is -0.360 e. The van der Waals surface area contributed by atoms with Gasteiger partial charge in [-0.3, -0.25) is 9.20 Å². The maximum Gasteiger partial charge on any atom is 0.197 e. The number of thioether (sulfide) groups is 1. The lowest BCUT2D eigenvalue weighted by atomic mass is 10.0. The molecule has 0 amide bonds. The number of rotatable bonds is 5. The van der Waals surface area contributed by atoms with Crippen LogP contribution in [0.5, 0.6) is 0 Å². The van der Waals surface area contributed by atoms with Crippen molar-refractivity contribution in [3.8, 4) is 0 Å². The van der Waals surface area contributed by atoms with Gasteiger partial charge in [-0.2, -0.15) is 0 Å². The summed E-state index contributed by atoms with van der Waals surface area (Å²) in [4.78, 5) is 17.1. The van der Waals surface area contributed by atoms with Gasteiger partial charge in [0.2, 0.25) is 0 Å². The standard InChI is InChI=1S/C27H20N4OS/c1-17-15-24-29-30-27(31(24)23-14-8-6-11-19(17)23)33-26(18-9-3-2-4-10-18)25(32)21-16-28-22-13-7-5-12-20(21)22/h2-16,26,28H,1H3/t26-/m0/s1. The number of hydrogen-bond acceptors (Lipinski definition) is 4. The van der Waals surface area contributed by atoms with E-state index in [1.165, 1.54) is 11.8 Å². The zero-order valence-electron chi connectivity index (χ0n) is 17.9. The lowest BCUT2D eigenvalue weighted by molar-refractivity contribution is 0.0991. The molecule has 0 aliphatic carbocycles. The van der Waals surface area contributed by atoms with Gasteiger partial charge in [0.05, 0.1) is 5.52 Å². The number of Topliss-reactive ketones (excluding diaryl/α,β-unsaturated/α-hetero) is 1. The van der Waals surface area contributed by atoms with E-state index in [4.69, 9.17) is 0 Å². The van der Waals surface area contributed by atoms with Crippen molar-refractivity contribution in [2.75, 3.05) is 0 Å². The highest BCUT2D eigenvalue weighted by molar-refractivity contribution is 8.00. The Hall–Kier alpha value is -3.90. The molecular formula is C27H20N4OS. The third kappa shape index (κ3) is 3.31. The van der Waals surface area contributed by atoms with Crippen LogP contribution in [0.3, 0.4) is 0 Å². The maximum absolute atomic E-state index is 13.9. The number of pyridine rings is 1. The van der Waals surface area contributed by atoms with E-state index in [2.05, 4.69) is 34.2 Å². The molecule has 6 heteroatoms. The van der Waals surface area contributed by atoms with E-state index in [0.29, 0.717) is 10.7 Å². The molecule has 0 saturated heterocycles. The molecular weight excluding hydrogens is 428 g/mol. The van der Waals surface area contributed by atoms with Gasteiger partial charge >= 0.3 is 0 Å². The normalized spacial score (nSPS) is 12.5. The quantitative estimate of drug-likeness (QED) is 0.245.